The number of carbonyl (C=O) groups excluding carboxylic acids is 2. The van der Waals surface area contributed by atoms with Gasteiger partial charge >= 0.3 is 0 Å². The lowest BCUT2D eigenvalue weighted by atomic mass is 10.1. The largest absolute Gasteiger partial charge is 0.467 e. The molecule has 1 fully saturated rings. The highest BCUT2D eigenvalue weighted by Crippen LogP contribution is 2.31. The van der Waals surface area contributed by atoms with Gasteiger partial charge in [-0.05, 0) is 42.9 Å². The molecule has 1 aliphatic rings. The number of hydrogen-bond donors (Lipinski definition) is 0. The van der Waals surface area contributed by atoms with Crippen LogP contribution < -0.4 is 0 Å². The molecule has 0 unspecified atom stereocenters. The zero-order chi connectivity index (χ0) is 19.9. The van der Waals surface area contributed by atoms with Crippen molar-refractivity contribution in [2.75, 3.05) is 19.6 Å². The van der Waals surface area contributed by atoms with Crippen molar-refractivity contribution in [3.05, 3.63) is 60.1 Å². The van der Waals surface area contributed by atoms with Gasteiger partial charge < -0.3 is 14.2 Å². The average molecular weight is 383 g/mol. The Labute approximate surface area is 167 Å². The normalized spacial score (nSPS) is 13.5. The summed E-state index contributed by atoms with van der Waals surface area (Å²) in [6, 6.07) is 13.8. The molecule has 0 saturated heterocycles. The maximum atomic E-state index is 13.1. The van der Waals surface area contributed by atoms with Gasteiger partial charge in [0.2, 0.25) is 11.8 Å². The van der Waals surface area contributed by atoms with Crippen LogP contribution in [0.3, 0.4) is 0 Å². The van der Waals surface area contributed by atoms with Crippen molar-refractivity contribution < 1.29 is 14.0 Å². The van der Waals surface area contributed by atoms with Gasteiger partial charge in [0.1, 0.15) is 5.76 Å². The number of hydrogen-bond acceptors (Lipinski definition) is 3. The van der Waals surface area contributed by atoms with Crippen LogP contribution in [-0.4, -0.2) is 41.2 Å². The minimum absolute atomic E-state index is 0.0259. The van der Waals surface area contributed by atoms with Crippen LogP contribution in [0.25, 0.3) is 0 Å². The molecule has 3 rings (SSSR count). The predicted molar refractivity (Wildman–Crippen MR) is 108 cm³/mol. The summed E-state index contributed by atoms with van der Waals surface area (Å²) in [5.41, 5.74) is 1.19. The van der Waals surface area contributed by atoms with Gasteiger partial charge in [0.05, 0.1) is 19.4 Å². The second kappa shape index (κ2) is 9.58. The monoisotopic (exact) mass is 382 g/mol. The van der Waals surface area contributed by atoms with Gasteiger partial charge in [0.15, 0.2) is 0 Å². The zero-order valence-electron chi connectivity index (χ0n) is 16.8. The van der Waals surface area contributed by atoms with Gasteiger partial charge in [0, 0.05) is 19.0 Å². The van der Waals surface area contributed by atoms with Crippen molar-refractivity contribution in [3.63, 3.8) is 0 Å². The Kier molecular flexibility index (Phi) is 6.90. The van der Waals surface area contributed by atoms with Gasteiger partial charge in [-0.2, -0.15) is 0 Å². The first-order valence-corrected chi connectivity index (χ1v) is 10.2. The van der Waals surface area contributed by atoms with E-state index in [2.05, 4.69) is 26.0 Å². The molecule has 28 heavy (non-hydrogen) atoms. The van der Waals surface area contributed by atoms with Crippen LogP contribution in [0.2, 0.25) is 0 Å². The maximum absolute atomic E-state index is 13.1. The van der Waals surface area contributed by atoms with E-state index in [-0.39, 0.29) is 24.3 Å². The summed E-state index contributed by atoms with van der Waals surface area (Å²) >= 11 is 0. The van der Waals surface area contributed by atoms with Gasteiger partial charge in [0.25, 0.3) is 0 Å². The van der Waals surface area contributed by atoms with E-state index in [0.717, 1.165) is 25.0 Å². The van der Waals surface area contributed by atoms with E-state index < -0.39 is 0 Å². The molecule has 1 heterocycles. The lowest BCUT2D eigenvalue weighted by molar-refractivity contribution is -0.142. The quantitative estimate of drug-likeness (QED) is 0.629. The molecule has 2 amide bonds. The van der Waals surface area contributed by atoms with Crippen molar-refractivity contribution in [3.8, 4) is 0 Å². The molecule has 0 spiro atoms. The molecule has 5 nitrogen and oxygen atoms in total. The van der Waals surface area contributed by atoms with Gasteiger partial charge in [-0.25, -0.2) is 0 Å². The van der Waals surface area contributed by atoms with Crippen LogP contribution >= 0.6 is 0 Å². The molecule has 1 aromatic carbocycles. The van der Waals surface area contributed by atoms with Crippen molar-refractivity contribution in [1.29, 1.82) is 0 Å². The third-order valence-corrected chi connectivity index (χ3v) is 4.94. The Morgan fingerprint density at radius 1 is 1.07 bits per heavy atom. The summed E-state index contributed by atoms with van der Waals surface area (Å²) in [7, 11) is 0. The summed E-state index contributed by atoms with van der Waals surface area (Å²) in [6.45, 7) is 5.93. The van der Waals surface area contributed by atoms with E-state index >= 15 is 0 Å². The molecule has 0 atom stereocenters. The molecule has 2 aromatic rings. The number of amides is 2. The van der Waals surface area contributed by atoms with E-state index in [0.29, 0.717) is 25.6 Å². The number of nitrogens with zero attached hydrogens (tertiary/aromatic N) is 2. The molecule has 1 aliphatic carbocycles. The summed E-state index contributed by atoms with van der Waals surface area (Å²) < 4.78 is 5.46. The summed E-state index contributed by atoms with van der Waals surface area (Å²) in [5, 5.41) is 0. The van der Waals surface area contributed by atoms with Crippen LogP contribution in [-0.2, 0) is 22.6 Å². The van der Waals surface area contributed by atoms with E-state index in [9.17, 15) is 9.59 Å². The lowest BCUT2D eigenvalue weighted by Gasteiger charge is -2.28. The SMILES string of the molecule is CC(C)CN(CC(=O)N(CCc1ccccc1)Cc1ccco1)C(=O)C1CC1. The maximum Gasteiger partial charge on any atom is 0.242 e. The fraction of sp³-hybridized carbons (Fsp3) is 0.478. The number of benzene rings is 1. The first-order chi connectivity index (χ1) is 13.5. The highest BCUT2D eigenvalue weighted by molar-refractivity contribution is 5.87. The summed E-state index contributed by atoms with van der Waals surface area (Å²) in [6.07, 6.45) is 4.29. The van der Waals surface area contributed by atoms with Crippen LogP contribution in [0.4, 0.5) is 0 Å². The molecule has 1 aromatic heterocycles. The Morgan fingerprint density at radius 2 is 1.82 bits per heavy atom. The zero-order valence-corrected chi connectivity index (χ0v) is 16.8. The van der Waals surface area contributed by atoms with E-state index in [4.69, 9.17) is 4.42 Å². The van der Waals surface area contributed by atoms with Crippen molar-refractivity contribution >= 4 is 11.8 Å². The van der Waals surface area contributed by atoms with E-state index in [1.807, 2.05) is 30.3 Å². The molecular weight excluding hydrogens is 352 g/mol. The van der Waals surface area contributed by atoms with Crippen LogP contribution in [0.5, 0.6) is 0 Å². The van der Waals surface area contributed by atoms with E-state index in [1.165, 1.54) is 5.56 Å². The van der Waals surface area contributed by atoms with Crippen molar-refractivity contribution in [2.45, 2.75) is 39.7 Å². The second-order valence-electron chi connectivity index (χ2n) is 8.02. The van der Waals surface area contributed by atoms with Gasteiger partial charge in [-0.15, -0.1) is 0 Å². The second-order valence-corrected chi connectivity index (χ2v) is 8.02. The first kappa shape index (κ1) is 20.2. The first-order valence-electron chi connectivity index (χ1n) is 10.2. The smallest absolute Gasteiger partial charge is 0.242 e. The lowest BCUT2D eigenvalue weighted by Crippen LogP contribution is -2.45. The van der Waals surface area contributed by atoms with Gasteiger partial charge in [-0.1, -0.05) is 44.2 Å². The predicted octanol–water partition coefficient (Wildman–Crippen LogP) is 3.75. The third kappa shape index (κ3) is 5.98. The number of rotatable bonds is 10. The summed E-state index contributed by atoms with van der Waals surface area (Å²) in [5.74, 6) is 1.31. The Morgan fingerprint density at radius 3 is 2.43 bits per heavy atom. The topological polar surface area (TPSA) is 53.8 Å². The molecule has 0 aliphatic heterocycles. The fourth-order valence-electron chi connectivity index (χ4n) is 3.32. The standard InChI is InChI=1S/C23H30N2O3/c1-18(2)15-25(23(27)20-10-11-20)17-22(26)24(16-21-9-6-14-28-21)13-12-19-7-4-3-5-8-19/h3-9,14,18,20H,10-13,15-17H2,1-2H3. The molecule has 0 N–H and O–H groups in total. The molecule has 0 radical (unpaired) electrons. The average Bonchev–Trinajstić information content (AvgIpc) is 3.41. The summed E-state index contributed by atoms with van der Waals surface area (Å²) in [4.78, 5) is 29.3. The Bertz CT molecular complexity index is 751. The molecule has 5 heteroatoms. The fourth-order valence-corrected chi connectivity index (χ4v) is 3.32. The van der Waals surface area contributed by atoms with Crippen LogP contribution in [0.1, 0.15) is 38.0 Å². The van der Waals surface area contributed by atoms with Gasteiger partial charge in [-0.3, -0.25) is 9.59 Å². The highest BCUT2D eigenvalue weighted by Gasteiger charge is 2.34. The molecular formula is C23H30N2O3. The van der Waals surface area contributed by atoms with Crippen LogP contribution in [0, 0.1) is 11.8 Å². The Hall–Kier alpha value is -2.56. The third-order valence-electron chi connectivity index (χ3n) is 4.94. The van der Waals surface area contributed by atoms with Crippen molar-refractivity contribution in [2.24, 2.45) is 11.8 Å². The van der Waals surface area contributed by atoms with Crippen LogP contribution in [0.15, 0.2) is 53.1 Å². The number of carbonyl (C=O) groups is 2. The minimum Gasteiger partial charge on any atom is -0.467 e. The van der Waals surface area contributed by atoms with E-state index in [1.54, 1.807) is 16.1 Å². The van der Waals surface area contributed by atoms with Crippen molar-refractivity contribution in [1.82, 2.24) is 9.80 Å². The molecule has 1 saturated carbocycles. The minimum atomic E-state index is -0.0259. The molecule has 150 valence electrons. The highest BCUT2D eigenvalue weighted by atomic mass is 16.3. The Balaban J connectivity index is 1.67. The molecule has 0 bridgehead atoms. The number of furan rings is 1.